The van der Waals surface area contributed by atoms with Gasteiger partial charge in [-0.1, -0.05) is 0 Å². The van der Waals surface area contributed by atoms with Crippen LogP contribution in [-0.2, 0) is 9.59 Å². The highest BCUT2D eigenvalue weighted by atomic mass is 32.2. The number of carbonyl (C=O) groups is 2. The van der Waals surface area contributed by atoms with Crippen LogP contribution in [0.2, 0.25) is 0 Å². The van der Waals surface area contributed by atoms with Gasteiger partial charge in [-0.25, -0.2) is 0 Å². The third kappa shape index (κ3) is 2.49. The number of nitrogens with zero attached hydrogens (tertiary/aromatic N) is 1. The Balaban J connectivity index is 1.93. The maximum absolute atomic E-state index is 12.0. The number of aliphatic carboxylic acids is 1. The number of likely N-dealkylation sites (tertiary alicyclic amines) is 1. The molecule has 1 unspecified atom stereocenters. The largest absolute Gasteiger partial charge is 0.481 e. The molecule has 0 saturated carbocycles. The van der Waals surface area contributed by atoms with E-state index in [0.717, 1.165) is 18.1 Å². The van der Waals surface area contributed by atoms with E-state index < -0.39 is 5.97 Å². The third-order valence-electron chi connectivity index (χ3n) is 3.10. The molecule has 2 saturated heterocycles. The summed E-state index contributed by atoms with van der Waals surface area (Å²) in [5, 5.41) is 12.1. The molecule has 6 heteroatoms. The standard InChI is InChI=1S/C10H16N2O3S/c13-9(8-5-16-6-11-8)12-3-1-2-7(4-12)10(14)15/h7-8,11H,1-6H2,(H,14,15)/t7-,8?/m0/s1. The van der Waals surface area contributed by atoms with Gasteiger partial charge in [-0.2, -0.15) is 0 Å². The van der Waals surface area contributed by atoms with Crippen LogP contribution in [0, 0.1) is 5.92 Å². The van der Waals surface area contributed by atoms with Crippen molar-refractivity contribution in [1.82, 2.24) is 10.2 Å². The second-order valence-corrected chi connectivity index (χ2v) is 5.26. The summed E-state index contributed by atoms with van der Waals surface area (Å²) in [5.74, 6) is 0.508. The fraction of sp³-hybridized carbons (Fsp3) is 0.800. The van der Waals surface area contributed by atoms with E-state index in [0.29, 0.717) is 19.5 Å². The molecule has 0 radical (unpaired) electrons. The van der Waals surface area contributed by atoms with Crippen molar-refractivity contribution < 1.29 is 14.7 Å². The van der Waals surface area contributed by atoms with Gasteiger partial charge in [0.25, 0.3) is 0 Å². The lowest BCUT2D eigenvalue weighted by Crippen LogP contribution is -2.49. The van der Waals surface area contributed by atoms with Gasteiger partial charge in [0.1, 0.15) is 0 Å². The van der Waals surface area contributed by atoms with Crippen molar-refractivity contribution >= 4 is 23.6 Å². The molecule has 0 aromatic heterocycles. The van der Waals surface area contributed by atoms with Crippen LogP contribution in [-0.4, -0.2) is 52.6 Å². The molecule has 2 fully saturated rings. The van der Waals surface area contributed by atoms with Crippen LogP contribution in [0.25, 0.3) is 0 Å². The van der Waals surface area contributed by atoms with Gasteiger partial charge in [-0.3, -0.25) is 14.9 Å². The van der Waals surface area contributed by atoms with Gasteiger partial charge in [0.2, 0.25) is 5.91 Å². The number of nitrogens with one attached hydrogen (secondary N) is 1. The first kappa shape index (κ1) is 11.7. The molecule has 2 heterocycles. The maximum Gasteiger partial charge on any atom is 0.308 e. The summed E-state index contributed by atoms with van der Waals surface area (Å²) in [4.78, 5) is 24.6. The molecular weight excluding hydrogens is 228 g/mol. The summed E-state index contributed by atoms with van der Waals surface area (Å²) < 4.78 is 0. The van der Waals surface area contributed by atoms with E-state index in [-0.39, 0.29) is 17.9 Å². The zero-order valence-corrected chi connectivity index (χ0v) is 9.83. The summed E-state index contributed by atoms with van der Waals surface area (Å²) in [7, 11) is 0. The van der Waals surface area contributed by atoms with E-state index in [4.69, 9.17) is 5.11 Å². The molecule has 0 aliphatic carbocycles. The Labute approximate surface area is 98.6 Å². The molecule has 1 amide bonds. The zero-order chi connectivity index (χ0) is 11.5. The highest BCUT2D eigenvalue weighted by molar-refractivity contribution is 7.99. The Bertz CT molecular complexity index is 292. The van der Waals surface area contributed by atoms with Crippen molar-refractivity contribution in [1.29, 1.82) is 0 Å². The van der Waals surface area contributed by atoms with Crippen LogP contribution in [0.3, 0.4) is 0 Å². The Morgan fingerprint density at radius 1 is 1.44 bits per heavy atom. The number of amides is 1. The second-order valence-electron chi connectivity index (χ2n) is 4.23. The molecule has 0 aromatic carbocycles. The first-order chi connectivity index (χ1) is 7.68. The molecule has 90 valence electrons. The second kappa shape index (κ2) is 5.05. The summed E-state index contributed by atoms with van der Waals surface area (Å²) in [6.45, 7) is 1.07. The first-order valence-electron chi connectivity index (χ1n) is 5.51. The van der Waals surface area contributed by atoms with Crippen molar-refractivity contribution in [2.75, 3.05) is 24.7 Å². The summed E-state index contributed by atoms with van der Waals surface area (Å²) in [5.41, 5.74) is 0. The molecule has 0 aromatic rings. The number of rotatable bonds is 2. The number of hydrogen-bond acceptors (Lipinski definition) is 4. The summed E-state index contributed by atoms with van der Waals surface area (Å²) >= 11 is 1.71. The van der Waals surface area contributed by atoms with Crippen LogP contribution in [0.15, 0.2) is 0 Å². The number of carboxylic acid groups (broad SMARTS) is 1. The van der Waals surface area contributed by atoms with Gasteiger partial charge in [0.15, 0.2) is 0 Å². The molecule has 5 nitrogen and oxygen atoms in total. The van der Waals surface area contributed by atoms with E-state index in [9.17, 15) is 9.59 Å². The maximum atomic E-state index is 12.0. The average Bonchev–Trinajstić information content (AvgIpc) is 2.81. The smallest absolute Gasteiger partial charge is 0.308 e. The van der Waals surface area contributed by atoms with E-state index in [1.54, 1.807) is 16.7 Å². The lowest BCUT2D eigenvalue weighted by Gasteiger charge is -2.32. The predicted molar refractivity (Wildman–Crippen MR) is 61.2 cm³/mol. The Kier molecular flexibility index (Phi) is 3.70. The van der Waals surface area contributed by atoms with Crippen LogP contribution < -0.4 is 5.32 Å². The minimum Gasteiger partial charge on any atom is -0.481 e. The number of piperidine rings is 1. The van der Waals surface area contributed by atoms with Gasteiger partial charge in [-0.05, 0) is 12.8 Å². The van der Waals surface area contributed by atoms with Crippen LogP contribution in [0.1, 0.15) is 12.8 Å². The SMILES string of the molecule is O=C(O)[C@H]1CCCN(C(=O)C2CSCN2)C1. The average molecular weight is 244 g/mol. The van der Waals surface area contributed by atoms with Crippen molar-refractivity contribution in [2.45, 2.75) is 18.9 Å². The Hall–Kier alpha value is -0.750. The zero-order valence-electron chi connectivity index (χ0n) is 9.02. The topological polar surface area (TPSA) is 69.6 Å². The van der Waals surface area contributed by atoms with E-state index in [1.807, 2.05) is 0 Å². The molecule has 2 rings (SSSR count). The van der Waals surface area contributed by atoms with Crippen molar-refractivity contribution in [3.63, 3.8) is 0 Å². The molecule has 2 aliphatic heterocycles. The molecule has 2 aliphatic rings. The third-order valence-corrected chi connectivity index (χ3v) is 4.04. The minimum atomic E-state index is -0.786. The van der Waals surface area contributed by atoms with Gasteiger partial charge < -0.3 is 10.0 Å². The van der Waals surface area contributed by atoms with Crippen molar-refractivity contribution in [3.8, 4) is 0 Å². The fourth-order valence-corrected chi connectivity index (χ4v) is 3.09. The number of thioether (sulfide) groups is 1. The number of carbonyl (C=O) groups excluding carboxylic acids is 1. The Morgan fingerprint density at radius 2 is 2.25 bits per heavy atom. The number of hydrogen-bond donors (Lipinski definition) is 2. The lowest BCUT2D eigenvalue weighted by atomic mass is 9.98. The molecule has 0 bridgehead atoms. The van der Waals surface area contributed by atoms with E-state index >= 15 is 0 Å². The van der Waals surface area contributed by atoms with Crippen molar-refractivity contribution in [3.05, 3.63) is 0 Å². The van der Waals surface area contributed by atoms with Crippen LogP contribution in [0.4, 0.5) is 0 Å². The van der Waals surface area contributed by atoms with Crippen LogP contribution >= 0.6 is 11.8 Å². The van der Waals surface area contributed by atoms with E-state index in [2.05, 4.69) is 5.32 Å². The summed E-state index contributed by atoms with van der Waals surface area (Å²) in [6, 6.07) is -0.113. The molecule has 0 spiro atoms. The minimum absolute atomic E-state index is 0.0657. The lowest BCUT2D eigenvalue weighted by molar-refractivity contribution is -0.146. The molecule has 2 atom stereocenters. The van der Waals surface area contributed by atoms with Gasteiger partial charge >= 0.3 is 5.97 Å². The highest BCUT2D eigenvalue weighted by Crippen LogP contribution is 2.19. The van der Waals surface area contributed by atoms with Crippen molar-refractivity contribution in [2.24, 2.45) is 5.92 Å². The molecule has 2 N–H and O–H groups in total. The first-order valence-corrected chi connectivity index (χ1v) is 6.66. The van der Waals surface area contributed by atoms with Gasteiger partial charge in [0, 0.05) is 24.7 Å². The molecule has 16 heavy (non-hydrogen) atoms. The highest BCUT2D eigenvalue weighted by Gasteiger charge is 2.32. The molecular formula is C10H16N2O3S. The predicted octanol–water partition coefficient (Wildman–Crippen LogP) is -0.0279. The van der Waals surface area contributed by atoms with Gasteiger partial charge in [0.05, 0.1) is 12.0 Å². The monoisotopic (exact) mass is 244 g/mol. The fourth-order valence-electron chi connectivity index (χ4n) is 2.15. The Morgan fingerprint density at radius 3 is 2.88 bits per heavy atom. The van der Waals surface area contributed by atoms with Crippen LogP contribution in [0.5, 0.6) is 0 Å². The number of carboxylic acids is 1. The van der Waals surface area contributed by atoms with Gasteiger partial charge in [-0.15, -0.1) is 11.8 Å². The van der Waals surface area contributed by atoms with E-state index in [1.165, 1.54) is 0 Å². The quantitative estimate of drug-likeness (QED) is 0.714. The normalized spacial score (nSPS) is 30.4. The summed E-state index contributed by atoms with van der Waals surface area (Å²) in [6.07, 6.45) is 1.48.